The number of rotatable bonds is 10. The lowest BCUT2D eigenvalue weighted by atomic mass is 10.2. The van der Waals surface area contributed by atoms with Crippen LogP contribution in [0.4, 0.5) is 5.69 Å². The predicted molar refractivity (Wildman–Crippen MR) is 120 cm³/mol. The van der Waals surface area contributed by atoms with Gasteiger partial charge in [0.15, 0.2) is 0 Å². The van der Waals surface area contributed by atoms with Crippen LogP contribution in [0.5, 0.6) is 11.5 Å². The summed E-state index contributed by atoms with van der Waals surface area (Å²) in [6.45, 7) is 1.64. The van der Waals surface area contributed by atoms with Crippen molar-refractivity contribution in [1.29, 1.82) is 0 Å². The van der Waals surface area contributed by atoms with E-state index in [0.29, 0.717) is 37.0 Å². The minimum absolute atomic E-state index is 0.104. The average Bonchev–Trinajstić information content (AvgIpc) is 3.60. The summed E-state index contributed by atoms with van der Waals surface area (Å²) in [5, 5.41) is 0. The fourth-order valence-electron chi connectivity index (χ4n) is 3.12. The van der Waals surface area contributed by atoms with Gasteiger partial charge in [-0.1, -0.05) is 60.7 Å². The normalized spacial score (nSPS) is 15.3. The number of hydrogen-bond acceptors (Lipinski definition) is 5. The molecule has 1 aliphatic rings. The van der Waals surface area contributed by atoms with E-state index in [-0.39, 0.29) is 12.6 Å². The van der Waals surface area contributed by atoms with Crippen LogP contribution in [-0.4, -0.2) is 34.0 Å². The Labute approximate surface area is 183 Å². The first-order valence-electron chi connectivity index (χ1n) is 10.1. The van der Waals surface area contributed by atoms with Gasteiger partial charge in [0, 0.05) is 6.07 Å². The fourth-order valence-corrected chi connectivity index (χ4v) is 4.01. The van der Waals surface area contributed by atoms with Gasteiger partial charge in [0.05, 0.1) is 25.1 Å². The van der Waals surface area contributed by atoms with Gasteiger partial charge >= 0.3 is 0 Å². The van der Waals surface area contributed by atoms with Crippen LogP contribution >= 0.6 is 0 Å². The lowest BCUT2D eigenvalue weighted by Gasteiger charge is -2.25. The number of ether oxygens (including phenoxy) is 3. The molecule has 4 rings (SSSR count). The highest BCUT2D eigenvalue weighted by atomic mass is 32.2. The van der Waals surface area contributed by atoms with Gasteiger partial charge in [-0.3, -0.25) is 4.31 Å². The second kappa shape index (κ2) is 9.41. The van der Waals surface area contributed by atoms with Crippen molar-refractivity contribution in [3.63, 3.8) is 0 Å². The molecule has 7 heteroatoms. The molecule has 0 aliphatic carbocycles. The molecule has 0 bridgehead atoms. The number of nitrogens with zero attached hydrogens (tertiary/aromatic N) is 1. The van der Waals surface area contributed by atoms with Crippen molar-refractivity contribution in [2.24, 2.45) is 0 Å². The number of benzene rings is 3. The van der Waals surface area contributed by atoms with Gasteiger partial charge in [-0.2, -0.15) is 0 Å². The molecule has 3 aromatic rings. The number of epoxide rings is 1. The van der Waals surface area contributed by atoms with Crippen LogP contribution in [0, 0.1) is 0 Å². The highest BCUT2D eigenvalue weighted by Crippen LogP contribution is 2.36. The van der Waals surface area contributed by atoms with Crippen LogP contribution in [0.3, 0.4) is 0 Å². The smallest absolute Gasteiger partial charge is 0.232 e. The summed E-state index contributed by atoms with van der Waals surface area (Å²) in [5.74, 6) is 1.04. The van der Waals surface area contributed by atoms with E-state index in [1.165, 1.54) is 10.6 Å². The van der Waals surface area contributed by atoms with Gasteiger partial charge in [-0.25, -0.2) is 8.42 Å². The first kappa shape index (κ1) is 21.2. The van der Waals surface area contributed by atoms with E-state index in [0.717, 1.165) is 11.1 Å². The van der Waals surface area contributed by atoms with E-state index >= 15 is 0 Å². The molecule has 0 spiro atoms. The maximum absolute atomic E-state index is 12.8. The molecule has 0 unspecified atom stereocenters. The third kappa shape index (κ3) is 5.99. The molecule has 1 heterocycles. The van der Waals surface area contributed by atoms with Crippen LogP contribution < -0.4 is 13.8 Å². The molecule has 162 valence electrons. The molecule has 0 aromatic heterocycles. The van der Waals surface area contributed by atoms with Crippen LogP contribution in [0.2, 0.25) is 0 Å². The van der Waals surface area contributed by atoms with Gasteiger partial charge in [-0.05, 0) is 23.3 Å². The third-order valence-corrected chi connectivity index (χ3v) is 5.97. The number of anilines is 1. The number of sulfonamides is 1. The Kier molecular flexibility index (Phi) is 6.44. The number of hydrogen-bond donors (Lipinski definition) is 0. The van der Waals surface area contributed by atoms with Gasteiger partial charge < -0.3 is 14.2 Å². The minimum atomic E-state index is -3.58. The summed E-state index contributed by atoms with van der Waals surface area (Å²) in [5.41, 5.74) is 2.31. The highest BCUT2D eigenvalue weighted by Gasteiger charge is 2.25. The molecule has 0 amide bonds. The summed E-state index contributed by atoms with van der Waals surface area (Å²) in [7, 11) is -3.58. The van der Waals surface area contributed by atoms with Gasteiger partial charge in [-0.15, -0.1) is 0 Å². The maximum Gasteiger partial charge on any atom is 0.232 e. The summed E-state index contributed by atoms with van der Waals surface area (Å²) in [6, 6.07) is 24.5. The van der Waals surface area contributed by atoms with E-state index < -0.39 is 10.0 Å². The SMILES string of the molecule is CS(=O)(=O)N(Cc1ccccc1)c1cc(OC[C@@H]2CO2)ccc1OCc1ccccc1. The van der Waals surface area contributed by atoms with E-state index in [1.54, 1.807) is 18.2 Å². The summed E-state index contributed by atoms with van der Waals surface area (Å²) in [4.78, 5) is 0. The summed E-state index contributed by atoms with van der Waals surface area (Å²) >= 11 is 0. The Hall–Kier alpha value is -3.03. The zero-order chi connectivity index (χ0) is 21.7. The fraction of sp³-hybridized carbons (Fsp3) is 0.250. The highest BCUT2D eigenvalue weighted by molar-refractivity contribution is 7.92. The molecule has 3 aromatic carbocycles. The second-order valence-electron chi connectivity index (χ2n) is 7.43. The van der Waals surface area contributed by atoms with Crippen molar-refractivity contribution in [3.8, 4) is 11.5 Å². The zero-order valence-corrected chi connectivity index (χ0v) is 18.1. The molecule has 1 saturated heterocycles. The Morgan fingerprint density at radius 3 is 2.19 bits per heavy atom. The summed E-state index contributed by atoms with van der Waals surface area (Å²) in [6.07, 6.45) is 1.30. The van der Waals surface area contributed by atoms with E-state index in [9.17, 15) is 8.42 Å². The molecule has 1 aliphatic heterocycles. The molecule has 1 fully saturated rings. The average molecular weight is 440 g/mol. The van der Waals surface area contributed by atoms with Gasteiger partial charge in [0.25, 0.3) is 0 Å². The minimum Gasteiger partial charge on any atom is -0.491 e. The molecular formula is C24H25NO5S. The van der Waals surface area contributed by atoms with Crippen molar-refractivity contribution >= 4 is 15.7 Å². The maximum atomic E-state index is 12.8. The summed E-state index contributed by atoms with van der Waals surface area (Å²) < 4.78 is 43.9. The van der Waals surface area contributed by atoms with E-state index in [2.05, 4.69) is 0 Å². The Bertz CT molecular complexity index is 1100. The second-order valence-corrected chi connectivity index (χ2v) is 9.33. The predicted octanol–water partition coefficient (Wildman–Crippen LogP) is 4.01. The quantitative estimate of drug-likeness (QED) is 0.447. The van der Waals surface area contributed by atoms with E-state index in [4.69, 9.17) is 14.2 Å². The standard InChI is InChI=1S/C24H25NO5S/c1-31(26,27)25(15-19-8-4-2-5-9-19)23-14-21(28-17-22-18-29-22)12-13-24(23)30-16-20-10-6-3-7-11-20/h2-14,22H,15-18H2,1H3/t22-/m1/s1. The van der Waals surface area contributed by atoms with Gasteiger partial charge in [0.1, 0.15) is 30.8 Å². The molecule has 0 saturated carbocycles. The largest absolute Gasteiger partial charge is 0.491 e. The van der Waals surface area contributed by atoms with Crippen molar-refractivity contribution in [1.82, 2.24) is 0 Å². The van der Waals surface area contributed by atoms with Crippen molar-refractivity contribution in [2.45, 2.75) is 19.3 Å². The zero-order valence-electron chi connectivity index (χ0n) is 17.3. The topological polar surface area (TPSA) is 68.4 Å². The van der Waals surface area contributed by atoms with E-state index in [1.807, 2.05) is 60.7 Å². The first-order valence-corrected chi connectivity index (χ1v) is 11.9. The van der Waals surface area contributed by atoms with Crippen LogP contribution in [-0.2, 0) is 27.9 Å². The molecule has 0 radical (unpaired) electrons. The lowest BCUT2D eigenvalue weighted by Crippen LogP contribution is -2.29. The molecule has 31 heavy (non-hydrogen) atoms. The van der Waals surface area contributed by atoms with Crippen molar-refractivity contribution in [3.05, 3.63) is 90.0 Å². The molecule has 0 N–H and O–H groups in total. The van der Waals surface area contributed by atoms with Crippen LogP contribution in [0.25, 0.3) is 0 Å². The van der Waals surface area contributed by atoms with Crippen LogP contribution in [0.15, 0.2) is 78.9 Å². The Balaban J connectivity index is 1.65. The Morgan fingerprint density at radius 1 is 0.935 bits per heavy atom. The molecule has 1 atom stereocenters. The monoisotopic (exact) mass is 439 g/mol. The third-order valence-electron chi connectivity index (χ3n) is 4.84. The molecular weight excluding hydrogens is 414 g/mol. The van der Waals surface area contributed by atoms with Gasteiger partial charge in [0.2, 0.25) is 10.0 Å². The van der Waals surface area contributed by atoms with Crippen molar-refractivity contribution in [2.75, 3.05) is 23.8 Å². The van der Waals surface area contributed by atoms with Crippen molar-refractivity contribution < 1.29 is 22.6 Å². The lowest BCUT2D eigenvalue weighted by molar-refractivity contribution is 0.262. The van der Waals surface area contributed by atoms with Crippen LogP contribution in [0.1, 0.15) is 11.1 Å². The Morgan fingerprint density at radius 2 is 1.58 bits per heavy atom. The molecule has 6 nitrogen and oxygen atoms in total. The first-order chi connectivity index (χ1) is 15.0.